The zero-order chi connectivity index (χ0) is 14.8. The summed E-state index contributed by atoms with van der Waals surface area (Å²) >= 11 is 0. The van der Waals surface area contributed by atoms with E-state index in [1.165, 1.54) is 12.1 Å². The molecule has 0 amide bonds. The second kappa shape index (κ2) is 5.91. The quantitative estimate of drug-likeness (QED) is 0.938. The number of hydrogen-bond donors (Lipinski definition) is 1. The predicted octanol–water partition coefficient (Wildman–Crippen LogP) is 2.08. The van der Waals surface area contributed by atoms with Gasteiger partial charge in [-0.05, 0) is 36.6 Å². The number of nitrogens with zero attached hydrogens (tertiary/aromatic N) is 3. The van der Waals surface area contributed by atoms with Gasteiger partial charge in [0.05, 0.1) is 12.6 Å². The van der Waals surface area contributed by atoms with Crippen molar-refractivity contribution in [3.63, 3.8) is 0 Å². The van der Waals surface area contributed by atoms with Gasteiger partial charge >= 0.3 is 0 Å². The standard InChI is InChI=1S/C15H18FN3O2/c1-10-8-19(7-6-13(10)20)9-14-17-15(18-21-14)11-2-4-12(16)5-3-11/h2-5,10,13,20H,6-9H2,1H3. The Balaban J connectivity index is 1.66. The first kappa shape index (κ1) is 14.2. The van der Waals surface area contributed by atoms with E-state index in [1.807, 2.05) is 6.92 Å². The van der Waals surface area contributed by atoms with Crippen molar-refractivity contribution in [2.75, 3.05) is 13.1 Å². The number of aromatic nitrogens is 2. The molecule has 0 radical (unpaired) electrons. The monoisotopic (exact) mass is 291 g/mol. The van der Waals surface area contributed by atoms with Crippen molar-refractivity contribution < 1.29 is 14.0 Å². The molecule has 0 aliphatic carbocycles. The van der Waals surface area contributed by atoms with Crippen LogP contribution in [0, 0.1) is 11.7 Å². The molecule has 0 saturated carbocycles. The maximum absolute atomic E-state index is 12.9. The molecule has 21 heavy (non-hydrogen) atoms. The molecule has 5 nitrogen and oxygen atoms in total. The summed E-state index contributed by atoms with van der Waals surface area (Å²) in [5, 5.41) is 13.7. The molecule has 2 aromatic rings. The highest BCUT2D eigenvalue weighted by Gasteiger charge is 2.25. The summed E-state index contributed by atoms with van der Waals surface area (Å²) < 4.78 is 18.1. The van der Waals surface area contributed by atoms with Crippen molar-refractivity contribution in [1.29, 1.82) is 0 Å². The predicted molar refractivity (Wildman–Crippen MR) is 74.8 cm³/mol. The van der Waals surface area contributed by atoms with Gasteiger partial charge in [-0.1, -0.05) is 12.1 Å². The van der Waals surface area contributed by atoms with Gasteiger partial charge in [0.25, 0.3) is 0 Å². The molecular formula is C15H18FN3O2. The van der Waals surface area contributed by atoms with E-state index in [4.69, 9.17) is 4.52 Å². The zero-order valence-electron chi connectivity index (χ0n) is 11.9. The summed E-state index contributed by atoms with van der Waals surface area (Å²) in [4.78, 5) is 6.54. The molecule has 112 valence electrons. The first-order chi connectivity index (χ1) is 10.1. The molecule has 1 saturated heterocycles. The summed E-state index contributed by atoms with van der Waals surface area (Å²) in [6, 6.07) is 6.00. The first-order valence-corrected chi connectivity index (χ1v) is 7.11. The Hall–Kier alpha value is -1.79. The number of halogens is 1. The molecule has 6 heteroatoms. The Labute approximate surface area is 122 Å². The van der Waals surface area contributed by atoms with Crippen molar-refractivity contribution in [2.45, 2.75) is 26.0 Å². The number of aliphatic hydroxyl groups excluding tert-OH is 1. The van der Waals surface area contributed by atoms with E-state index in [2.05, 4.69) is 15.0 Å². The fraction of sp³-hybridized carbons (Fsp3) is 0.467. The molecule has 0 spiro atoms. The van der Waals surface area contributed by atoms with E-state index >= 15 is 0 Å². The molecular weight excluding hydrogens is 273 g/mol. The van der Waals surface area contributed by atoms with Gasteiger partial charge in [-0.2, -0.15) is 4.98 Å². The van der Waals surface area contributed by atoms with E-state index in [0.29, 0.717) is 18.3 Å². The van der Waals surface area contributed by atoms with E-state index < -0.39 is 0 Å². The molecule has 3 rings (SSSR count). The van der Waals surface area contributed by atoms with Gasteiger partial charge in [-0.3, -0.25) is 4.90 Å². The van der Waals surface area contributed by atoms with Crippen LogP contribution in [0.3, 0.4) is 0 Å². The first-order valence-electron chi connectivity index (χ1n) is 7.11. The van der Waals surface area contributed by atoms with Gasteiger partial charge in [-0.25, -0.2) is 4.39 Å². The molecule has 1 aliphatic rings. The van der Waals surface area contributed by atoms with Gasteiger partial charge in [0, 0.05) is 18.7 Å². The molecule has 2 heterocycles. The highest BCUT2D eigenvalue weighted by molar-refractivity contribution is 5.53. The van der Waals surface area contributed by atoms with Crippen LogP contribution < -0.4 is 0 Å². The van der Waals surface area contributed by atoms with Crippen molar-refractivity contribution in [2.24, 2.45) is 5.92 Å². The number of aliphatic hydroxyl groups is 1. The van der Waals surface area contributed by atoms with E-state index in [-0.39, 0.29) is 17.8 Å². The van der Waals surface area contributed by atoms with Gasteiger partial charge in [0.2, 0.25) is 11.7 Å². The largest absolute Gasteiger partial charge is 0.393 e. The molecule has 2 unspecified atom stereocenters. The number of benzene rings is 1. The van der Waals surface area contributed by atoms with Gasteiger partial charge in [-0.15, -0.1) is 0 Å². The summed E-state index contributed by atoms with van der Waals surface area (Å²) in [6.45, 7) is 4.25. The van der Waals surface area contributed by atoms with Crippen LogP contribution in [0.25, 0.3) is 11.4 Å². The Morgan fingerprint density at radius 3 is 2.86 bits per heavy atom. The van der Waals surface area contributed by atoms with Crippen LogP contribution in [0.2, 0.25) is 0 Å². The van der Waals surface area contributed by atoms with Crippen LogP contribution in [0.5, 0.6) is 0 Å². The van der Waals surface area contributed by atoms with E-state index in [0.717, 1.165) is 25.1 Å². The molecule has 1 fully saturated rings. The summed E-state index contributed by atoms with van der Waals surface area (Å²) in [5.41, 5.74) is 0.730. The number of likely N-dealkylation sites (tertiary alicyclic amines) is 1. The van der Waals surface area contributed by atoms with Crippen molar-refractivity contribution in [3.05, 3.63) is 36.0 Å². The maximum atomic E-state index is 12.9. The molecule has 2 atom stereocenters. The lowest BCUT2D eigenvalue weighted by atomic mass is 9.97. The topological polar surface area (TPSA) is 62.4 Å². The molecule has 1 aromatic heterocycles. The second-order valence-electron chi connectivity index (χ2n) is 5.59. The minimum absolute atomic E-state index is 0.223. The minimum Gasteiger partial charge on any atom is -0.393 e. The average Bonchev–Trinajstić information content (AvgIpc) is 2.92. The minimum atomic E-state index is -0.289. The highest BCUT2D eigenvalue weighted by atomic mass is 19.1. The number of rotatable bonds is 3. The third kappa shape index (κ3) is 3.28. The van der Waals surface area contributed by atoms with Gasteiger partial charge < -0.3 is 9.63 Å². The summed E-state index contributed by atoms with van der Waals surface area (Å²) in [7, 11) is 0. The zero-order valence-corrected chi connectivity index (χ0v) is 11.9. The Kier molecular flexibility index (Phi) is 3.98. The second-order valence-corrected chi connectivity index (χ2v) is 5.59. The lowest BCUT2D eigenvalue weighted by Gasteiger charge is -2.33. The number of piperidine rings is 1. The maximum Gasteiger partial charge on any atom is 0.241 e. The summed E-state index contributed by atoms with van der Waals surface area (Å²) in [5.74, 6) is 0.967. The molecule has 1 aromatic carbocycles. The third-order valence-corrected chi connectivity index (χ3v) is 3.87. The summed E-state index contributed by atoms with van der Waals surface area (Å²) in [6.07, 6.45) is 0.541. The van der Waals surface area contributed by atoms with Gasteiger partial charge in [0.15, 0.2) is 0 Å². The molecule has 1 aliphatic heterocycles. The van der Waals surface area contributed by atoms with Crippen molar-refractivity contribution in [3.8, 4) is 11.4 Å². The van der Waals surface area contributed by atoms with Crippen LogP contribution >= 0.6 is 0 Å². The van der Waals surface area contributed by atoms with E-state index in [1.54, 1.807) is 12.1 Å². The Morgan fingerprint density at radius 1 is 1.38 bits per heavy atom. The Morgan fingerprint density at radius 2 is 2.14 bits per heavy atom. The SMILES string of the molecule is CC1CN(Cc2nc(-c3ccc(F)cc3)no2)CCC1O. The fourth-order valence-corrected chi connectivity index (χ4v) is 2.59. The van der Waals surface area contributed by atoms with Crippen molar-refractivity contribution >= 4 is 0 Å². The van der Waals surface area contributed by atoms with Crippen LogP contribution in [-0.4, -0.2) is 39.3 Å². The lowest BCUT2D eigenvalue weighted by molar-refractivity contribution is 0.0282. The lowest BCUT2D eigenvalue weighted by Crippen LogP contribution is -2.41. The Bertz CT molecular complexity index is 599. The van der Waals surface area contributed by atoms with Crippen molar-refractivity contribution in [1.82, 2.24) is 15.0 Å². The van der Waals surface area contributed by atoms with E-state index in [9.17, 15) is 9.50 Å². The fourth-order valence-electron chi connectivity index (χ4n) is 2.59. The average molecular weight is 291 g/mol. The van der Waals surface area contributed by atoms with Crippen LogP contribution in [0.4, 0.5) is 4.39 Å². The smallest absolute Gasteiger partial charge is 0.241 e. The third-order valence-electron chi connectivity index (χ3n) is 3.87. The highest BCUT2D eigenvalue weighted by Crippen LogP contribution is 2.20. The van der Waals surface area contributed by atoms with Gasteiger partial charge in [0.1, 0.15) is 5.82 Å². The molecule has 0 bridgehead atoms. The molecule has 1 N–H and O–H groups in total. The van der Waals surface area contributed by atoms with Crippen LogP contribution in [0.1, 0.15) is 19.2 Å². The normalized spacial score (nSPS) is 23.4. The van der Waals surface area contributed by atoms with Crippen LogP contribution in [-0.2, 0) is 6.54 Å². The number of hydrogen-bond acceptors (Lipinski definition) is 5. The van der Waals surface area contributed by atoms with Crippen LogP contribution in [0.15, 0.2) is 28.8 Å².